The van der Waals surface area contributed by atoms with E-state index in [9.17, 15) is 9.59 Å². The van der Waals surface area contributed by atoms with E-state index in [1.54, 1.807) is 7.11 Å². The number of nitrogens with zero attached hydrogens (tertiary/aromatic N) is 2. The highest BCUT2D eigenvalue weighted by molar-refractivity contribution is 5.95. The maximum atomic E-state index is 13.1. The SMILES string of the molecule is CCCCCCC(=O)Nc1ccc2nc3cc([C@@H]4c5cc6c(cc5C[C@H]5COC(=O)[C@@H]54)OCO6)cc(OC)c3nc2c1. The Morgan fingerprint density at radius 1 is 0.976 bits per heavy atom. The molecule has 3 heterocycles. The number of anilines is 1. The zero-order valence-corrected chi connectivity index (χ0v) is 23.8. The quantitative estimate of drug-likeness (QED) is 0.159. The van der Waals surface area contributed by atoms with Gasteiger partial charge in [0.05, 0.1) is 36.2 Å². The van der Waals surface area contributed by atoms with Crippen molar-refractivity contribution < 1.29 is 28.5 Å². The topological polar surface area (TPSA) is 109 Å². The largest absolute Gasteiger partial charge is 0.494 e. The minimum Gasteiger partial charge on any atom is -0.494 e. The number of methoxy groups -OCH3 is 1. The number of unbranched alkanes of at least 4 members (excludes halogenated alkanes) is 3. The molecular weight excluding hydrogens is 534 g/mol. The monoisotopic (exact) mass is 567 g/mol. The van der Waals surface area contributed by atoms with Crippen LogP contribution < -0.4 is 19.5 Å². The number of esters is 1. The number of carbonyl (C=O) groups excluding carboxylic acids is 2. The van der Waals surface area contributed by atoms with Crippen LogP contribution in [0, 0.1) is 11.8 Å². The number of aromatic nitrogens is 2. The molecule has 0 spiro atoms. The average Bonchev–Trinajstić information content (AvgIpc) is 3.61. The fourth-order valence-electron chi connectivity index (χ4n) is 6.62. The van der Waals surface area contributed by atoms with Gasteiger partial charge in [-0.2, -0.15) is 0 Å². The van der Waals surface area contributed by atoms with Crippen LogP contribution in [-0.4, -0.2) is 42.4 Å². The lowest BCUT2D eigenvalue weighted by molar-refractivity contribution is -0.141. The molecule has 1 saturated heterocycles. The molecule has 42 heavy (non-hydrogen) atoms. The molecule has 1 aliphatic carbocycles. The summed E-state index contributed by atoms with van der Waals surface area (Å²) in [4.78, 5) is 35.3. The predicted octanol–water partition coefficient (Wildman–Crippen LogP) is 5.91. The van der Waals surface area contributed by atoms with E-state index in [1.165, 1.54) is 0 Å². The van der Waals surface area contributed by atoms with Crippen LogP contribution in [0.5, 0.6) is 17.2 Å². The number of carbonyl (C=O) groups is 2. The van der Waals surface area contributed by atoms with Crippen LogP contribution in [0.1, 0.15) is 61.6 Å². The summed E-state index contributed by atoms with van der Waals surface area (Å²) >= 11 is 0. The molecule has 1 fully saturated rings. The standard InChI is InChI=1S/C33H33N3O6/c1-3-4-5-6-7-29(37)34-21-8-9-23-24(14-21)36-32-25(35-23)11-19(13-28(32)39-2)30-22-15-27-26(41-17-42-27)12-18(22)10-20-16-40-33(38)31(20)30/h8-9,11-15,20,30-31H,3-7,10,16-17H2,1-2H3,(H,34,37)/t20-,30+,31-/m0/s1. The second-order valence-electron chi connectivity index (χ2n) is 11.4. The Morgan fingerprint density at radius 3 is 2.67 bits per heavy atom. The van der Waals surface area contributed by atoms with Gasteiger partial charge in [-0.25, -0.2) is 9.97 Å². The average molecular weight is 568 g/mol. The lowest BCUT2D eigenvalue weighted by Gasteiger charge is -2.33. The molecular formula is C33H33N3O6. The number of rotatable bonds is 8. The van der Waals surface area contributed by atoms with Crippen molar-refractivity contribution in [1.29, 1.82) is 0 Å². The predicted molar refractivity (Wildman–Crippen MR) is 157 cm³/mol. The van der Waals surface area contributed by atoms with Crippen LogP contribution in [0.25, 0.3) is 22.1 Å². The minimum absolute atomic E-state index is 0.000496. The number of cyclic esters (lactones) is 1. The van der Waals surface area contributed by atoms with Gasteiger partial charge in [0, 0.05) is 23.9 Å². The fraction of sp³-hybridized carbons (Fsp3) is 0.394. The van der Waals surface area contributed by atoms with E-state index in [0.717, 1.165) is 54.5 Å². The van der Waals surface area contributed by atoms with Gasteiger partial charge in [-0.15, -0.1) is 0 Å². The number of nitrogens with one attached hydrogen (secondary N) is 1. The van der Waals surface area contributed by atoms with Gasteiger partial charge in [0.2, 0.25) is 12.7 Å². The zero-order chi connectivity index (χ0) is 28.8. The van der Waals surface area contributed by atoms with Crippen LogP contribution in [0.3, 0.4) is 0 Å². The molecule has 1 amide bonds. The van der Waals surface area contributed by atoms with E-state index in [1.807, 2.05) is 42.5 Å². The van der Waals surface area contributed by atoms with Gasteiger partial charge in [0.25, 0.3) is 0 Å². The smallest absolute Gasteiger partial charge is 0.310 e. The highest BCUT2D eigenvalue weighted by atomic mass is 16.7. The first-order valence-electron chi connectivity index (χ1n) is 14.7. The van der Waals surface area contributed by atoms with Crippen LogP contribution in [0.2, 0.25) is 0 Å². The summed E-state index contributed by atoms with van der Waals surface area (Å²) in [6.07, 6.45) is 5.45. The summed E-state index contributed by atoms with van der Waals surface area (Å²) < 4.78 is 22.7. The highest BCUT2D eigenvalue weighted by Crippen LogP contribution is 2.51. The highest BCUT2D eigenvalue weighted by Gasteiger charge is 2.48. The molecule has 0 saturated carbocycles. The third-order valence-electron chi connectivity index (χ3n) is 8.68. The van der Waals surface area contributed by atoms with Crippen LogP contribution in [0.15, 0.2) is 42.5 Å². The summed E-state index contributed by atoms with van der Waals surface area (Å²) in [7, 11) is 1.61. The maximum Gasteiger partial charge on any atom is 0.310 e. The lowest BCUT2D eigenvalue weighted by atomic mass is 9.67. The molecule has 0 bridgehead atoms. The molecule has 3 atom stereocenters. The summed E-state index contributed by atoms with van der Waals surface area (Å²) in [6.45, 7) is 2.75. The Balaban J connectivity index is 1.27. The summed E-state index contributed by atoms with van der Waals surface area (Å²) in [6, 6.07) is 13.6. The number of hydrogen-bond acceptors (Lipinski definition) is 8. The van der Waals surface area contributed by atoms with Gasteiger partial charge in [-0.05, 0) is 72.0 Å². The molecule has 3 aromatic carbocycles. The Bertz CT molecular complexity index is 1720. The van der Waals surface area contributed by atoms with Crippen molar-refractivity contribution in [2.45, 2.75) is 51.4 Å². The Kier molecular flexibility index (Phi) is 6.80. The maximum absolute atomic E-state index is 13.1. The lowest BCUT2D eigenvalue weighted by Crippen LogP contribution is -2.31. The van der Waals surface area contributed by atoms with Crippen molar-refractivity contribution in [3.63, 3.8) is 0 Å². The van der Waals surface area contributed by atoms with Crippen LogP contribution in [0.4, 0.5) is 5.69 Å². The summed E-state index contributed by atoms with van der Waals surface area (Å²) in [5, 5.41) is 2.99. The second kappa shape index (κ2) is 10.8. The number of fused-ring (bicyclic) bond motifs is 5. The van der Waals surface area contributed by atoms with Gasteiger partial charge < -0.3 is 24.3 Å². The van der Waals surface area contributed by atoms with E-state index in [0.29, 0.717) is 52.3 Å². The van der Waals surface area contributed by atoms with E-state index in [2.05, 4.69) is 12.2 Å². The first kappa shape index (κ1) is 26.5. The van der Waals surface area contributed by atoms with Crippen molar-refractivity contribution in [2.24, 2.45) is 11.8 Å². The molecule has 216 valence electrons. The van der Waals surface area contributed by atoms with Gasteiger partial charge in [-0.3, -0.25) is 9.59 Å². The van der Waals surface area contributed by atoms with Crippen molar-refractivity contribution in [1.82, 2.24) is 9.97 Å². The number of hydrogen-bond donors (Lipinski definition) is 1. The third kappa shape index (κ3) is 4.66. The fourth-order valence-corrected chi connectivity index (χ4v) is 6.62. The molecule has 9 nitrogen and oxygen atoms in total. The van der Waals surface area contributed by atoms with E-state index >= 15 is 0 Å². The zero-order valence-electron chi connectivity index (χ0n) is 23.8. The Labute approximate surface area is 243 Å². The van der Waals surface area contributed by atoms with Crippen molar-refractivity contribution in [2.75, 3.05) is 25.8 Å². The molecule has 7 rings (SSSR count). The van der Waals surface area contributed by atoms with Gasteiger partial charge >= 0.3 is 5.97 Å². The van der Waals surface area contributed by atoms with E-state index in [4.69, 9.17) is 28.9 Å². The van der Waals surface area contributed by atoms with E-state index < -0.39 is 0 Å². The number of amides is 1. The van der Waals surface area contributed by atoms with Crippen LogP contribution in [-0.2, 0) is 20.7 Å². The Hall–Kier alpha value is -4.40. The molecule has 3 aliphatic rings. The molecule has 1 aromatic heterocycles. The van der Waals surface area contributed by atoms with Crippen molar-refractivity contribution in [3.05, 3.63) is 59.2 Å². The molecule has 4 aromatic rings. The summed E-state index contributed by atoms with van der Waals surface area (Å²) in [5.74, 6) is 1.30. The third-order valence-corrected chi connectivity index (χ3v) is 8.68. The summed E-state index contributed by atoms with van der Waals surface area (Å²) in [5.41, 5.74) is 6.41. The van der Waals surface area contributed by atoms with Gasteiger partial charge in [0.1, 0.15) is 11.3 Å². The molecule has 2 aliphatic heterocycles. The first-order valence-corrected chi connectivity index (χ1v) is 14.7. The molecule has 1 N–H and O–H groups in total. The number of benzene rings is 3. The van der Waals surface area contributed by atoms with Crippen LogP contribution >= 0.6 is 0 Å². The van der Waals surface area contributed by atoms with Crippen molar-refractivity contribution >= 4 is 39.6 Å². The number of ether oxygens (including phenoxy) is 4. The van der Waals surface area contributed by atoms with Crippen molar-refractivity contribution in [3.8, 4) is 17.2 Å². The Morgan fingerprint density at radius 2 is 1.83 bits per heavy atom. The second-order valence-corrected chi connectivity index (χ2v) is 11.4. The first-order chi connectivity index (χ1) is 20.5. The molecule has 0 unspecified atom stereocenters. The molecule has 0 radical (unpaired) electrons. The van der Waals surface area contributed by atoms with E-state index in [-0.39, 0.29) is 36.4 Å². The normalized spacial score (nSPS) is 20.3. The molecule has 9 heteroatoms. The minimum atomic E-state index is -0.318. The van der Waals surface area contributed by atoms with Gasteiger partial charge in [0.15, 0.2) is 11.5 Å². The van der Waals surface area contributed by atoms with Gasteiger partial charge in [-0.1, -0.05) is 26.2 Å².